The van der Waals surface area contributed by atoms with Gasteiger partial charge in [0.2, 0.25) is 5.91 Å². The van der Waals surface area contributed by atoms with Gasteiger partial charge in [0, 0.05) is 220 Å². The van der Waals surface area contributed by atoms with Gasteiger partial charge in [0.05, 0.1) is 97.8 Å². The predicted molar refractivity (Wildman–Crippen MR) is 553 cm³/mol. The Morgan fingerprint density at radius 3 is 1.22 bits per heavy atom. The number of aliphatic hydroxyl groups excluding tert-OH is 1. The van der Waals surface area contributed by atoms with E-state index in [0.717, 1.165) is 295 Å². The van der Waals surface area contributed by atoms with E-state index < -0.39 is 0 Å². The molecule has 11 fully saturated rings. The highest BCUT2D eigenvalue weighted by Gasteiger charge is 2.55. The summed E-state index contributed by atoms with van der Waals surface area (Å²) in [5.74, 6) is 14.4. The van der Waals surface area contributed by atoms with E-state index in [9.17, 15) is 9.90 Å². The van der Waals surface area contributed by atoms with Crippen LogP contribution >= 0.6 is 11.6 Å². The molecule has 1 unspecified atom stereocenters. The van der Waals surface area contributed by atoms with Crippen molar-refractivity contribution in [1.29, 1.82) is 0 Å². The summed E-state index contributed by atoms with van der Waals surface area (Å²) >= 11 is 6.96. The van der Waals surface area contributed by atoms with Crippen molar-refractivity contribution in [2.24, 2.45) is 10.8 Å². The summed E-state index contributed by atoms with van der Waals surface area (Å²) < 4.78 is 27.9. The number of morpholine rings is 1. The summed E-state index contributed by atoms with van der Waals surface area (Å²) in [6.07, 6.45) is 15.1. The number of aliphatic hydroxyl groups is 1. The minimum atomic E-state index is 0.0747. The molecule has 718 valence electrons. The lowest BCUT2D eigenvalue weighted by Gasteiger charge is -2.61. The fraction of sp³-hybridized carbons (Fsp3) is 0.482. The van der Waals surface area contributed by atoms with Gasteiger partial charge in [-0.2, -0.15) is 0 Å². The predicted octanol–water partition coefficient (Wildman–Crippen LogP) is 18.6. The van der Waals surface area contributed by atoms with Crippen molar-refractivity contribution in [2.45, 2.75) is 139 Å². The Morgan fingerprint density at radius 1 is 0.394 bits per heavy atom. The van der Waals surface area contributed by atoms with E-state index in [1.54, 1.807) is 28.4 Å². The first kappa shape index (κ1) is 92.8. The number of anilines is 10. The number of piperidine rings is 2. The number of para-hydroxylation sites is 6. The fourth-order valence-electron chi connectivity index (χ4n) is 21.6. The Morgan fingerprint density at radius 2 is 0.781 bits per heavy atom. The topological polar surface area (TPSA) is 222 Å². The molecule has 137 heavy (non-hydrogen) atoms. The van der Waals surface area contributed by atoms with Gasteiger partial charge in [0.25, 0.3) is 0 Å². The van der Waals surface area contributed by atoms with Crippen molar-refractivity contribution in [1.82, 2.24) is 44.8 Å². The molecule has 7 saturated heterocycles. The molecule has 23 rings (SSSR count). The minimum Gasteiger partial charge on any atom is -0.496 e. The molecule has 2 spiro atoms. The Bertz CT molecular complexity index is 6310. The molecule has 8 aromatic carbocycles. The number of likely N-dealkylation sites (N-methyl/N-ethyl adjacent to an activating group) is 2. The Kier molecular flexibility index (Phi) is 27.3. The van der Waals surface area contributed by atoms with Gasteiger partial charge in [-0.05, 0) is 210 Å². The molecule has 0 radical (unpaired) electrons. The van der Waals surface area contributed by atoms with Crippen molar-refractivity contribution in [3.8, 4) is 23.0 Å². The molecule has 1 N–H and O–H groups in total. The molecule has 7 aliphatic heterocycles. The van der Waals surface area contributed by atoms with Gasteiger partial charge >= 0.3 is 0 Å². The maximum atomic E-state index is 13.5. The van der Waals surface area contributed by atoms with Crippen LogP contribution in [0.25, 0.3) is 43.6 Å². The van der Waals surface area contributed by atoms with Crippen LogP contribution in [0.5, 0.6) is 23.0 Å². The number of hydrogen-bond donors (Lipinski definition) is 1. The van der Waals surface area contributed by atoms with Crippen LogP contribution in [0.3, 0.4) is 0 Å². The first-order valence-electron chi connectivity index (χ1n) is 50.2. The number of carbonyl (C=O) groups is 1. The highest BCUT2D eigenvalue weighted by atomic mass is 35.5. The van der Waals surface area contributed by atoms with Crippen LogP contribution < -0.4 is 67.9 Å². The maximum absolute atomic E-state index is 13.5. The number of aromatic nitrogens is 8. The van der Waals surface area contributed by atoms with Crippen LogP contribution in [0.4, 0.5) is 57.4 Å². The average molecular weight is 1870 g/mol. The number of fused-ring (bicyclic) bond motifs is 4. The lowest BCUT2D eigenvalue weighted by atomic mass is 9.72. The van der Waals surface area contributed by atoms with E-state index in [-0.39, 0.29) is 18.4 Å². The number of ether oxygens (including phenoxy) is 5. The van der Waals surface area contributed by atoms with Crippen LogP contribution in [0, 0.1) is 10.8 Å². The number of hydrogen-bond acceptors (Lipinski definition) is 25. The number of methoxy groups -OCH3 is 4. The van der Waals surface area contributed by atoms with Gasteiger partial charge in [0.15, 0.2) is 0 Å². The standard InChI is InChI=1S/C30H38N6O2.C27H33N5O.C27H32N4O2.C26H31ClN4O2/c1-33(11-12-34-13-15-38-16-14-34)23-9-10-25-24(17-23)29(32-28(31-25)22-7-8-22)36-20-30(21-36)18-35(19-30)26-5-3-4-6-27(26)37-2;1-4-13-30(2)20-11-12-22-21(14-20)26(29-25(28-22)19-9-10-19)32-17-27(18-32)15-31(16-27)23-7-5-6-8-24(23)33-3;1-4-14-30(2)20-11-12-23-22(17-20)27(29-26(28-23)18-9-10-18)31-15-13-19(16-25(31)32)21-7-5-6-8-24(21)33-3;1-30(15-16-32)21-10-9-20-23(24(21)27)26(29-25(28-20)18-7-8-18)31-13-11-17(12-14-31)19-5-3-4-6-22(19)33-2/h3-6,9-10,17,22H,7-8,11-16,18-21H2,1-2H3;5-8,11-12,14,19H,4,9-10,13,15-18H2,1-3H3;5-8,11-12,17-19H,4,9-10,13-16H2,1-3H3;3-6,9-10,17-18,32H,7-8,11-16H2,1-2H3. The van der Waals surface area contributed by atoms with Gasteiger partial charge < -0.3 is 72.9 Å². The summed E-state index contributed by atoms with van der Waals surface area (Å²) in [5, 5.41) is 14.3. The molecule has 11 heterocycles. The average Bonchev–Trinajstić information content (AvgIpc) is 1.56. The number of nitrogens with zero attached hydrogens (tertiary/aromatic N) is 19. The van der Waals surface area contributed by atoms with Crippen molar-refractivity contribution in [3.05, 3.63) is 203 Å². The Hall–Kier alpha value is -11.8. The van der Waals surface area contributed by atoms with Crippen LogP contribution in [-0.4, -0.2) is 250 Å². The first-order valence-corrected chi connectivity index (χ1v) is 50.5. The lowest BCUT2D eigenvalue weighted by molar-refractivity contribution is -0.120. The number of halogens is 1. The van der Waals surface area contributed by atoms with Crippen LogP contribution in [-0.2, 0) is 9.53 Å². The minimum absolute atomic E-state index is 0.0747. The SMILES string of the molecule is CCCN(C)c1ccc2nc(C3CC3)nc(N3CC4(CN(c5ccccc5OC)C4)C3)c2c1.CCCN(C)c1ccc2nc(C3CC3)nc(N3CCC(c4ccccc4OC)CC3=O)c2c1.COc1ccccc1C1CCN(c2nc(C3CC3)nc3ccc(N(C)CCO)c(Cl)c23)CC1.COc1ccccc1N1CC2(C1)CN(c1nc(C3CC3)nc3ccc(N(C)CCN4CCOCC4)cc13)C2. The quantitative estimate of drug-likeness (QED) is 0.0460. The second kappa shape index (κ2) is 40.3. The third-order valence-corrected chi connectivity index (χ3v) is 30.4. The van der Waals surface area contributed by atoms with Crippen molar-refractivity contribution in [3.63, 3.8) is 0 Å². The first-order chi connectivity index (χ1) is 66.9. The molecule has 0 bridgehead atoms. The second-order valence-electron chi connectivity index (χ2n) is 40.2. The highest BCUT2D eigenvalue weighted by Crippen LogP contribution is 2.53. The molecule has 1 amide bonds. The number of carbonyl (C=O) groups excluding carboxylic acids is 1. The largest absolute Gasteiger partial charge is 0.496 e. The Labute approximate surface area is 811 Å². The number of benzene rings is 8. The van der Waals surface area contributed by atoms with Gasteiger partial charge in [0.1, 0.15) is 69.6 Å². The zero-order valence-corrected chi connectivity index (χ0v) is 82.3. The van der Waals surface area contributed by atoms with E-state index in [0.29, 0.717) is 65.0 Å². The second-order valence-corrected chi connectivity index (χ2v) is 40.6. The van der Waals surface area contributed by atoms with Crippen LogP contribution in [0.15, 0.2) is 164 Å². The number of amides is 1. The monoisotopic (exact) mass is 1870 g/mol. The normalized spacial score (nSPS) is 18.9. The molecule has 4 aromatic heterocycles. The lowest BCUT2D eigenvalue weighted by Crippen LogP contribution is -2.72. The molecule has 1 atom stereocenters. The molecule has 26 nitrogen and oxygen atoms in total. The molecular formula is C110H134ClN19O7. The van der Waals surface area contributed by atoms with Gasteiger partial charge in [-0.25, -0.2) is 39.9 Å². The van der Waals surface area contributed by atoms with E-state index in [1.807, 2.05) is 77.5 Å². The van der Waals surface area contributed by atoms with Gasteiger partial charge in [-0.15, -0.1) is 0 Å². The summed E-state index contributed by atoms with van der Waals surface area (Å²) in [7, 11) is 15.4. The van der Waals surface area contributed by atoms with Gasteiger partial charge in [-0.1, -0.05) is 86.1 Å². The van der Waals surface area contributed by atoms with E-state index in [4.69, 9.17) is 75.2 Å². The smallest absolute Gasteiger partial charge is 0.228 e. The van der Waals surface area contributed by atoms with E-state index in [2.05, 4.69) is 182 Å². The molecular weight excluding hydrogens is 1730 g/mol. The summed E-state index contributed by atoms with van der Waals surface area (Å²) in [4.78, 5) is 79.0. The van der Waals surface area contributed by atoms with E-state index in [1.165, 1.54) is 64.8 Å². The zero-order valence-electron chi connectivity index (χ0n) is 81.6. The highest BCUT2D eigenvalue weighted by molar-refractivity contribution is 6.39. The van der Waals surface area contributed by atoms with Crippen LogP contribution in [0.1, 0.15) is 174 Å². The molecule has 27 heteroatoms. The summed E-state index contributed by atoms with van der Waals surface area (Å²) in [6, 6.07) is 56.9. The zero-order chi connectivity index (χ0) is 94.2. The van der Waals surface area contributed by atoms with Gasteiger partial charge in [-0.3, -0.25) is 14.6 Å². The number of rotatable bonds is 29. The van der Waals surface area contributed by atoms with Crippen molar-refractivity contribution < 1.29 is 33.6 Å². The third-order valence-electron chi connectivity index (χ3n) is 30.0. The summed E-state index contributed by atoms with van der Waals surface area (Å²) in [5.41, 5.74) is 14.0. The molecule has 12 aromatic rings. The molecule has 4 saturated carbocycles. The van der Waals surface area contributed by atoms with Crippen molar-refractivity contribution >= 4 is 119 Å². The van der Waals surface area contributed by atoms with E-state index >= 15 is 0 Å². The third kappa shape index (κ3) is 19.9. The maximum Gasteiger partial charge on any atom is 0.228 e. The summed E-state index contributed by atoms with van der Waals surface area (Å²) in [6.45, 7) is 23.8. The van der Waals surface area contributed by atoms with Crippen molar-refractivity contribution in [2.75, 3.05) is 243 Å². The Balaban J connectivity index is 0.000000113. The fourth-order valence-corrected chi connectivity index (χ4v) is 22.0. The molecule has 11 aliphatic rings. The van der Waals surface area contributed by atoms with Crippen LogP contribution in [0.2, 0.25) is 5.02 Å². The molecule has 4 aliphatic carbocycles.